The molecule has 0 aromatic heterocycles. The van der Waals surface area contributed by atoms with Gasteiger partial charge in [0.25, 0.3) is 0 Å². The Morgan fingerprint density at radius 3 is 2.47 bits per heavy atom. The number of aliphatic hydroxyl groups is 2. The second-order valence-electron chi connectivity index (χ2n) is 4.02. The lowest BCUT2D eigenvalue weighted by Crippen LogP contribution is -2.24. The maximum atomic E-state index is 13.5. The van der Waals surface area contributed by atoms with Gasteiger partial charge in [-0.15, -0.1) is 0 Å². The number of carboxylic acids is 1. The highest BCUT2D eigenvalue weighted by atomic mass is 32.2. The summed E-state index contributed by atoms with van der Waals surface area (Å²) in [6, 6.07) is 1.69. The highest BCUT2D eigenvalue weighted by molar-refractivity contribution is 7.91. The van der Waals surface area contributed by atoms with Crippen LogP contribution in [0.4, 0.5) is 4.39 Å². The molecule has 1 aromatic rings. The van der Waals surface area contributed by atoms with Gasteiger partial charge in [-0.1, -0.05) is 0 Å². The Morgan fingerprint density at radius 1 is 1.42 bits per heavy atom. The number of hydrogen-bond donors (Lipinski definition) is 3. The van der Waals surface area contributed by atoms with Gasteiger partial charge in [0.05, 0.1) is 28.9 Å². The van der Waals surface area contributed by atoms with Crippen molar-refractivity contribution in [2.75, 3.05) is 12.4 Å². The van der Waals surface area contributed by atoms with Crippen LogP contribution in [0.15, 0.2) is 17.0 Å². The summed E-state index contributed by atoms with van der Waals surface area (Å²) in [4.78, 5) is 10.4. The van der Waals surface area contributed by atoms with Crippen LogP contribution in [0.3, 0.4) is 0 Å². The van der Waals surface area contributed by atoms with Crippen molar-refractivity contribution >= 4 is 15.8 Å². The van der Waals surface area contributed by atoms with Gasteiger partial charge in [0.15, 0.2) is 9.84 Å². The molecule has 0 aliphatic heterocycles. The third-order valence-electron chi connectivity index (χ3n) is 2.44. The Labute approximate surface area is 109 Å². The van der Waals surface area contributed by atoms with Crippen molar-refractivity contribution in [2.24, 2.45) is 0 Å². The number of hydrogen-bond acceptors (Lipinski definition) is 5. The monoisotopic (exact) mass is 292 g/mol. The molecule has 1 aromatic carbocycles. The van der Waals surface area contributed by atoms with E-state index in [-0.39, 0.29) is 5.56 Å². The highest BCUT2D eigenvalue weighted by Crippen LogP contribution is 2.20. The van der Waals surface area contributed by atoms with Gasteiger partial charge in [-0.25, -0.2) is 17.6 Å². The first-order chi connectivity index (χ1) is 8.69. The number of aryl methyl sites for hydroxylation is 1. The summed E-state index contributed by atoms with van der Waals surface area (Å²) in [5, 5.41) is 26.5. The third kappa shape index (κ3) is 3.49. The Kier molecular flexibility index (Phi) is 4.61. The summed E-state index contributed by atoms with van der Waals surface area (Å²) in [6.45, 7) is 0.495. The van der Waals surface area contributed by atoms with Gasteiger partial charge in [-0.2, -0.15) is 0 Å². The molecule has 0 saturated heterocycles. The van der Waals surface area contributed by atoms with Gasteiger partial charge >= 0.3 is 5.97 Å². The van der Waals surface area contributed by atoms with Crippen LogP contribution in [0.5, 0.6) is 0 Å². The minimum atomic E-state index is -4.01. The minimum absolute atomic E-state index is 0.128. The molecule has 1 unspecified atom stereocenters. The first-order valence-electron chi connectivity index (χ1n) is 5.24. The molecule has 0 fully saturated rings. The van der Waals surface area contributed by atoms with E-state index < -0.39 is 50.5 Å². The molecular weight excluding hydrogens is 279 g/mol. The smallest absolute Gasteiger partial charge is 0.338 e. The van der Waals surface area contributed by atoms with E-state index >= 15 is 0 Å². The van der Waals surface area contributed by atoms with Crippen LogP contribution < -0.4 is 0 Å². The Morgan fingerprint density at radius 2 is 2.00 bits per heavy atom. The molecule has 0 aliphatic rings. The number of rotatable bonds is 5. The highest BCUT2D eigenvalue weighted by Gasteiger charge is 2.23. The minimum Gasteiger partial charge on any atom is -0.478 e. The lowest BCUT2D eigenvalue weighted by atomic mass is 10.1. The van der Waals surface area contributed by atoms with Gasteiger partial charge in [0.2, 0.25) is 0 Å². The van der Waals surface area contributed by atoms with Crippen LogP contribution in [0, 0.1) is 12.7 Å². The van der Waals surface area contributed by atoms with Crippen molar-refractivity contribution in [3.63, 3.8) is 0 Å². The van der Waals surface area contributed by atoms with Crippen LogP contribution in [-0.2, 0) is 9.84 Å². The topological polar surface area (TPSA) is 112 Å². The van der Waals surface area contributed by atoms with Gasteiger partial charge in [0, 0.05) is 0 Å². The normalized spacial score (nSPS) is 13.3. The van der Waals surface area contributed by atoms with Crippen molar-refractivity contribution < 1.29 is 32.9 Å². The number of halogens is 1. The van der Waals surface area contributed by atoms with Crippen LogP contribution in [0.1, 0.15) is 15.9 Å². The van der Waals surface area contributed by atoms with Crippen molar-refractivity contribution in [3.05, 3.63) is 29.1 Å². The van der Waals surface area contributed by atoms with Gasteiger partial charge in [-0.3, -0.25) is 0 Å². The molecule has 0 bridgehead atoms. The fraction of sp³-hybridized carbons (Fsp3) is 0.364. The van der Waals surface area contributed by atoms with Gasteiger partial charge in [-0.05, 0) is 24.6 Å². The summed E-state index contributed by atoms with van der Waals surface area (Å²) in [6.07, 6.45) is -1.48. The van der Waals surface area contributed by atoms with Crippen molar-refractivity contribution in [1.29, 1.82) is 0 Å². The Bertz CT molecular complexity index is 595. The van der Waals surface area contributed by atoms with E-state index in [1.165, 1.54) is 6.92 Å². The number of aliphatic hydroxyl groups excluding tert-OH is 2. The fourth-order valence-corrected chi connectivity index (χ4v) is 2.93. The van der Waals surface area contributed by atoms with Crippen molar-refractivity contribution in [1.82, 2.24) is 0 Å². The predicted octanol–water partition coefficient (Wildman–Crippen LogP) is -0.0408. The summed E-state index contributed by atoms with van der Waals surface area (Å²) in [5.41, 5.74) is -0.881. The molecule has 19 heavy (non-hydrogen) atoms. The molecule has 0 amide bonds. The standard InChI is InChI=1S/C11H13FO6S/c1-6-2-8(3-9(10(6)12)11(15)16)19(17,18)5-7(14)4-13/h2-3,7,13-14H,4-5H2,1H3,(H,15,16). The second-order valence-corrected chi connectivity index (χ2v) is 6.06. The average Bonchev–Trinajstić information content (AvgIpc) is 2.31. The lowest BCUT2D eigenvalue weighted by Gasteiger charge is -2.10. The summed E-state index contributed by atoms with van der Waals surface area (Å²) in [7, 11) is -4.01. The molecule has 8 heteroatoms. The molecule has 0 radical (unpaired) electrons. The molecule has 6 nitrogen and oxygen atoms in total. The number of carbonyl (C=O) groups is 1. The van der Waals surface area contributed by atoms with Crippen LogP contribution >= 0.6 is 0 Å². The summed E-state index contributed by atoms with van der Waals surface area (Å²) >= 11 is 0. The molecule has 0 heterocycles. The van der Waals surface area contributed by atoms with Crippen molar-refractivity contribution in [3.8, 4) is 0 Å². The zero-order valence-corrected chi connectivity index (χ0v) is 10.8. The molecule has 3 N–H and O–H groups in total. The molecule has 0 aliphatic carbocycles. The van der Waals surface area contributed by atoms with E-state index in [1.807, 2.05) is 0 Å². The Hall–Kier alpha value is -1.51. The summed E-state index contributed by atoms with van der Waals surface area (Å²) in [5.74, 6) is -3.36. The van der Waals surface area contributed by atoms with E-state index in [1.54, 1.807) is 0 Å². The number of carboxylic acid groups (broad SMARTS) is 1. The number of aromatic carboxylic acids is 1. The molecule has 0 saturated carbocycles. The molecular formula is C11H13FO6S. The van der Waals surface area contributed by atoms with E-state index in [9.17, 15) is 17.6 Å². The largest absolute Gasteiger partial charge is 0.478 e. The molecule has 0 spiro atoms. The maximum absolute atomic E-state index is 13.5. The average molecular weight is 292 g/mol. The quantitative estimate of drug-likeness (QED) is 0.656. The van der Waals surface area contributed by atoms with Gasteiger partial charge < -0.3 is 15.3 Å². The maximum Gasteiger partial charge on any atom is 0.338 e. The third-order valence-corrected chi connectivity index (χ3v) is 4.22. The second kappa shape index (κ2) is 5.64. The van der Waals surface area contributed by atoms with E-state index in [0.29, 0.717) is 6.07 Å². The van der Waals surface area contributed by atoms with Crippen LogP contribution in [-0.4, -0.2) is 48.2 Å². The molecule has 106 valence electrons. The van der Waals surface area contributed by atoms with E-state index in [4.69, 9.17) is 15.3 Å². The van der Waals surface area contributed by atoms with E-state index in [0.717, 1.165) is 6.07 Å². The van der Waals surface area contributed by atoms with Crippen LogP contribution in [0.25, 0.3) is 0 Å². The van der Waals surface area contributed by atoms with E-state index in [2.05, 4.69) is 0 Å². The molecule has 1 rings (SSSR count). The first-order valence-corrected chi connectivity index (χ1v) is 6.89. The first kappa shape index (κ1) is 15.5. The zero-order valence-electron chi connectivity index (χ0n) is 10.00. The molecule has 1 atom stereocenters. The summed E-state index contributed by atoms with van der Waals surface area (Å²) < 4.78 is 37.2. The predicted molar refractivity (Wildman–Crippen MR) is 63.2 cm³/mol. The van der Waals surface area contributed by atoms with Crippen LogP contribution in [0.2, 0.25) is 0 Å². The van der Waals surface area contributed by atoms with Crippen molar-refractivity contribution in [2.45, 2.75) is 17.9 Å². The van der Waals surface area contributed by atoms with Gasteiger partial charge in [0.1, 0.15) is 5.82 Å². The SMILES string of the molecule is Cc1cc(S(=O)(=O)CC(O)CO)cc(C(=O)O)c1F. The Balaban J connectivity index is 3.32. The number of sulfone groups is 1. The zero-order chi connectivity index (χ0) is 14.8. The lowest BCUT2D eigenvalue weighted by molar-refractivity contribution is 0.0691. The number of benzene rings is 1. The fourth-order valence-electron chi connectivity index (χ4n) is 1.47.